The fraction of sp³-hybridized carbons (Fsp3) is 0.458. The average molecular weight is 793 g/mol. The van der Waals surface area contributed by atoms with Crippen LogP contribution in [0.5, 0.6) is 11.5 Å². The smallest absolute Gasteiger partial charge is 0.410 e. The Morgan fingerprint density at radius 2 is 1.60 bits per heavy atom. The largest absolute Gasteiger partial charge is 0.490 e. The van der Waals surface area contributed by atoms with Gasteiger partial charge in [0.15, 0.2) is 0 Å². The molecule has 6 atom stereocenters. The van der Waals surface area contributed by atoms with Gasteiger partial charge in [-0.05, 0) is 78.8 Å². The third kappa shape index (κ3) is 9.85. The number of ether oxygens (including phenoxy) is 4. The molecule has 10 nitrogen and oxygen atoms in total. The maximum absolute atomic E-state index is 14.5. The summed E-state index contributed by atoms with van der Waals surface area (Å²) in [4.78, 5) is 22.5. The first-order chi connectivity index (χ1) is 28.5. The molecule has 2 aliphatic carbocycles. The number of allylic oxidation sites excluding steroid dienone is 1. The van der Waals surface area contributed by atoms with Gasteiger partial charge in [-0.1, -0.05) is 110 Å². The van der Waals surface area contributed by atoms with Crippen LogP contribution in [0.1, 0.15) is 80.9 Å². The summed E-state index contributed by atoms with van der Waals surface area (Å²) in [5, 5.41) is 24.7. The van der Waals surface area contributed by atoms with E-state index >= 15 is 0 Å². The first-order valence-electron chi connectivity index (χ1n) is 20.9. The van der Waals surface area contributed by atoms with Crippen LogP contribution in [0.15, 0.2) is 121 Å². The second kappa shape index (κ2) is 21.2. The number of hydrogen-bond acceptors (Lipinski definition) is 9. The van der Waals surface area contributed by atoms with Crippen molar-refractivity contribution >= 4 is 11.8 Å². The Hall–Kier alpha value is -4.90. The van der Waals surface area contributed by atoms with Crippen molar-refractivity contribution in [3.63, 3.8) is 0 Å². The van der Waals surface area contributed by atoms with Crippen LogP contribution < -0.4 is 9.47 Å². The van der Waals surface area contributed by atoms with Gasteiger partial charge in [-0.15, -0.1) is 6.58 Å². The summed E-state index contributed by atoms with van der Waals surface area (Å²) in [6.07, 6.45) is 11.0. The second-order valence-corrected chi connectivity index (χ2v) is 15.4. The zero-order valence-electron chi connectivity index (χ0n) is 33.9. The number of unbranched alkanes of at least 4 members (excludes halogenated alkanes) is 2. The topological polar surface area (TPSA) is 119 Å². The van der Waals surface area contributed by atoms with Gasteiger partial charge < -0.3 is 34.0 Å². The van der Waals surface area contributed by atoms with Crippen LogP contribution in [0.2, 0.25) is 0 Å². The molecule has 310 valence electrons. The van der Waals surface area contributed by atoms with Gasteiger partial charge in [0.1, 0.15) is 37.4 Å². The molecule has 0 aromatic heterocycles. The fourth-order valence-corrected chi connectivity index (χ4v) is 9.07. The lowest BCUT2D eigenvalue weighted by molar-refractivity contribution is -0.255. The van der Waals surface area contributed by atoms with Crippen LogP contribution >= 0.6 is 0 Å². The van der Waals surface area contributed by atoms with Crippen LogP contribution in [0, 0.1) is 17.8 Å². The summed E-state index contributed by atoms with van der Waals surface area (Å²) < 4.78 is 26.5. The average Bonchev–Trinajstić information content (AvgIpc) is 3.25. The predicted molar refractivity (Wildman–Crippen MR) is 226 cm³/mol. The predicted octanol–water partition coefficient (Wildman–Crippen LogP) is 9.13. The highest BCUT2D eigenvalue weighted by Crippen LogP contribution is 2.62. The molecule has 0 radical (unpaired) electrons. The summed E-state index contributed by atoms with van der Waals surface area (Å²) in [5.74, 6) is -0.386. The molecule has 1 heterocycles. The van der Waals surface area contributed by atoms with E-state index in [0.29, 0.717) is 43.9 Å². The Morgan fingerprint density at radius 3 is 2.28 bits per heavy atom. The normalized spacial score (nSPS) is 23.7. The molecule has 3 aromatic rings. The Labute approximate surface area is 343 Å². The highest BCUT2D eigenvalue weighted by molar-refractivity contribution is 6.03. The standard InChI is InChI=1S/C48H60N2O8/c1-4-25-50(47(53)55-33-35-17-9-7-10-18-35)44-32-42(49-57-34-36-19-11-8-12-20-36)40-30-37(21-13-15-26-51)39(22-14-16-27-52)45-41-31-38(54-28-5-2)23-24-43(41)58-48(44,46(40)45)56-29-6-3/h5-12,17-20,23-24,30-31,37,39,44-46,51-52H,2-4,13-16,21-22,25-29,32-34H2,1H3/t37-,39+,44-,45+,46+,48+/m0/s1. The number of rotatable bonds is 22. The number of oxime groups is 1. The summed E-state index contributed by atoms with van der Waals surface area (Å²) in [6, 6.07) is 24.9. The van der Waals surface area contributed by atoms with Gasteiger partial charge in [-0.3, -0.25) is 4.90 Å². The number of fused-ring (bicyclic) bond motifs is 2. The van der Waals surface area contributed by atoms with E-state index in [4.69, 9.17) is 28.9 Å². The van der Waals surface area contributed by atoms with Gasteiger partial charge >= 0.3 is 6.09 Å². The Kier molecular flexibility index (Phi) is 15.6. The van der Waals surface area contributed by atoms with Crippen molar-refractivity contribution in [2.75, 3.05) is 33.0 Å². The molecule has 0 saturated heterocycles. The first kappa shape index (κ1) is 42.7. The Morgan fingerprint density at radius 1 is 0.914 bits per heavy atom. The van der Waals surface area contributed by atoms with Crippen molar-refractivity contribution < 1.29 is 38.8 Å². The highest BCUT2D eigenvalue weighted by Gasteiger charge is 2.65. The minimum atomic E-state index is -1.37. The summed E-state index contributed by atoms with van der Waals surface area (Å²) in [5.41, 5.74) is 4.58. The van der Waals surface area contributed by atoms with Gasteiger partial charge in [0.05, 0.1) is 18.2 Å². The number of carbonyl (C=O) groups excluding carboxylic acids is 1. The van der Waals surface area contributed by atoms with E-state index in [9.17, 15) is 15.0 Å². The van der Waals surface area contributed by atoms with Crippen LogP contribution in [0.25, 0.3) is 0 Å². The summed E-state index contributed by atoms with van der Waals surface area (Å²) >= 11 is 0. The van der Waals surface area contributed by atoms with E-state index in [1.807, 2.05) is 79.7 Å². The number of carbonyl (C=O) groups is 1. The maximum atomic E-state index is 14.5. The molecule has 58 heavy (non-hydrogen) atoms. The molecule has 0 unspecified atom stereocenters. The lowest BCUT2D eigenvalue weighted by Gasteiger charge is -2.59. The van der Waals surface area contributed by atoms with Gasteiger partial charge in [0.2, 0.25) is 5.79 Å². The molecular formula is C48H60N2O8. The van der Waals surface area contributed by atoms with Gasteiger partial charge in [-0.25, -0.2) is 4.79 Å². The number of aliphatic hydroxyl groups is 2. The molecule has 3 aromatic carbocycles. The quantitative estimate of drug-likeness (QED) is 0.0588. The van der Waals surface area contributed by atoms with E-state index in [1.54, 1.807) is 17.1 Å². The SMILES string of the molecule is C=CCOc1ccc2c(c1)[C@H]1[C@H](CCCCO)[C@@H](CCCCO)C=C3C(=NOCc4ccccc4)C[C@H](N(CCC)C(=O)OCc4ccccc4)[C@@](OCC=C)(O2)[C@H]31. The van der Waals surface area contributed by atoms with E-state index in [-0.39, 0.29) is 57.2 Å². The van der Waals surface area contributed by atoms with E-state index in [0.717, 1.165) is 53.7 Å². The maximum Gasteiger partial charge on any atom is 0.410 e. The van der Waals surface area contributed by atoms with Crippen molar-refractivity contribution in [2.45, 2.75) is 89.3 Å². The number of hydrogen-bond donors (Lipinski definition) is 2. The summed E-state index contributed by atoms with van der Waals surface area (Å²) in [6.45, 7) is 11.5. The van der Waals surface area contributed by atoms with Gasteiger partial charge in [0, 0.05) is 37.7 Å². The van der Waals surface area contributed by atoms with Crippen molar-refractivity contribution in [2.24, 2.45) is 22.9 Å². The van der Waals surface area contributed by atoms with E-state index in [1.165, 1.54) is 0 Å². The Bertz CT molecular complexity index is 1850. The van der Waals surface area contributed by atoms with Crippen LogP contribution in [0.4, 0.5) is 4.79 Å². The molecule has 0 spiro atoms. The summed E-state index contributed by atoms with van der Waals surface area (Å²) in [7, 11) is 0. The molecule has 0 bridgehead atoms. The molecule has 1 aliphatic heterocycles. The third-order valence-electron chi connectivity index (χ3n) is 11.5. The van der Waals surface area contributed by atoms with Crippen molar-refractivity contribution in [1.82, 2.24) is 4.90 Å². The van der Waals surface area contributed by atoms with Crippen molar-refractivity contribution in [3.8, 4) is 11.5 Å². The van der Waals surface area contributed by atoms with Crippen LogP contribution in [-0.2, 0) is 27.5 Å². The molecule has 1 saturated carbocycles. The monoisotopic (exact) mass is 792 g/mol. The second-order valence-electron chi connectivity index (χ2n) is 15.4. The number of amides is 1. The van der Waals surface area contributed by atoms with Gasteiger partial charge in [-0.2, -0.15) is 0 Å². The van der Waals surface area contributed by atoms with Gasteiger partial charge in [0.25, 0.3) is 0 Å². The molecule has 2 N–H and O–H groups in total. The van der Waals surface area contributed by atoms with E-state index in [2.05, 4.69) is 25.3 Å². The molecule has 1 fully saturated rings. The molecular weight excluding hydrogens is 733 g/mol. The van der Waals surface area contributed by atoms with Crippen molar-refractivity contribution in [1.29, 1.82) is 0 Å². The van der Waals surface area contributed by atoms with Crippen molar-refractivity contribution in [3.05, 3.63) is 133 Å². The highest BCUT2D eigenvalue weighted by atomic mass is 16.7. The number of benzene rings is 3. The Balaban J connectivity index is 1.55. The lowest BCUT2D eigenvalue weighted by Crippen LogP contribution is -2.70. The zero-order valence-corrected chi connectivity index (χ0v) is 33.9. The first-order valence-corrected chi connectivity index (χ1v) is 20.9. The molecule has 10 heteroatoms. The minimum absolute atomic E-state index is 0.0953. The van der Waals surface area contributed by atoms with Crippen LogP contribution in [0.3, 0.4) is 0 Å². The van der Waals surface area contributed by atoms with E-state index < -0.39 is 23.8 Å². The fourth-order valence-electron chi connectivity index (χ4n) is 9.07. The molecule has 6 rings (SSSR count). The zero-order chi connectivity index (χ0) is 40.7. The molecule has 1 amide bonds. The number of aliphatic hydroxyl groups excluding tert-OH is 2. The number of nitrogens with zero attached hydrogens (tertiary/aromatic N) is 2. The van der Waals surface area contributed by atoms with Crippen LogP contribution in [-0.4, -0.2) is 71.7 Å². The lowest BCUT2D eigenvalue weighted by atomic mass is 9.55. The third-order valence-corrected chi connectivity index (χ3v) is 11.5. The molecule has 3 aliphatic rings. The minimum Gasteiger partial charge on any atom is -0.490 e.